The van der Waals surface area contributed by atoms with Gasteiger partial charge in [0.15, 0.2) is 0 Å². The van der Waals surface area contributed by atoms with Crippen LogP contribution in [-0.2, 0) is 7.05 Å². The fraction of sp³-hybridized carbons (Fsp3) is 0.526. The van der Waals surface area contributed by atoms with Crippen LogP contribution in [0.2, 0.25) is 0 Å². The molecule has 2 aromatic rings. The number of amides is 1. The lowest BCUT2D eigenvalue weighted by atomic mass is 9.99. The third kappa shape index (κ3) is 3.38. The molecule has 3 heterocycles. The Bertz CT molecular complexity index is 752. The number of nitrogens with zero attached hydrogens (tertiary/aromatic N) is 4. The number of nitrogens with one attached hydrogen (secondary N) is 1. The lowest BCUT2D eigenvalue weighted by Crippen LogP contribution is -2.35. The summed E-state index contributed by atoms with van der Waals surface area (Å²) < 4.78 is 2.01. The normalized spacial score (nSPS) is 17.8. The molecule has 6 heteroatoms. The quantitative estimate of drug-likeness (QED) is 0.928. The summed E-state index contributed by atoms with van der Waals surface area (Å²) in [6.07, 6.45) is 5.25. The number of carbonyl (C=O) groups is 1. The molecular weight excluding hydrogens is 314 g/mol. The number of hydrogen-bond donors (Lipinski definition) is 1. The molecule has 0 spiro atoms. The van der Waals surface area contributed by atoms with Crippen molar-refractivity contribution in [2.75, 3.05) is 18.5 Å². The van der Waals surface area contributed by atoms with Gasteiger partial charge < -0.3 is 14.8 Å². The topological polar surface area (TPSA) is 63.1 Å². The zero-order chi connectivity index (χ0) is 18.0. The summed E-state index contributed by atoms with van der Waals surface area (Å²) >= 11 is 0. The number of carbonyl (C=O) groups excluding carboxylic acids is 1. The predicted octanol–water partition coefficient (Wildman–Crippen LogP) is 3.03. The monoisotopic (exact) mass is 341 g/mol. The Morgan fingerprint density at radius 3 is 2.80 bits per heavy atom. The van der Waals surface area contributed by atoms with Gasteiger partial charge in [-0.3, -0.25) is 4.79 Å². The van der Waals surface area contributed by atoms with E-state index >= 15 is 0 Å². The molecule has 0 unspecified atom stereocenters. The minimum atomic E-state index is -0.0553. The molecule has 6 nitrogen and oxygen atoms in total. The van der Waals surface area contributed by atoms with Gasteiger partial charge in [0, 0.05) is 38.4 Å². The highest BCUT2D eigenvalue weighted by atomic mass is 16.1. The van der Waals surface area contributed by atoms with Gasteiger partial charge in [-0.15, -0.1) is 0 Å². The van der Waals surface area contributed by atoms with Crippen molar-refractivity contribution in [1.29, 1.82) is 0 Å². The molecule has 0 saturated carbocycles. The second-order valence-electron chi connectivity index (χ2n) is 6.91. The summed E-state index contributed by atoms with van der Waals surface area (Å²) in [7, 11) is 3.63. The maximum atomic E-state index is 12.0. The van der Waals surface area contributed by atoms with E-state index in [4.69, 9.17) is 4.98 Å². The summed E-state index contributed by atoms with van der Waals surface area (Å²) in [5, 5.41) is 2.71. The molecule has 1 aliphatic heterocycles. The Hall–Kier alpha value is -2.37. The molecule has 25 heavy (non-hydrogen) atoms. The first kappa shape index (κ1) is 17.5. The Labute approximate surface area is 149 Å². The predicted molar refractivity (Wildman–Crippen MR) is 98.9 cm³/mol. The fourth-order valence-electron chi connectivity index (χ4n) is 3.53. The van der Waals surface area contributed by atoms with Crippen molar-refractivity contribution >= 4 is 11.7 Å². The first-order valence-corrected chi connectivity index (χ1v) is 9.00. The molecule has 0 aromatic carbocycles. The average Bonchev–Trinajstić information content (AvgIpc) is 3.02. The highest BCUT2D eigenvalue weighted by molar-refractivity contribution is 5.92. The molecule has 0 radical (unpaired) electrons. The molecule has 2 aromatic heterocycles. The summed E-state index contributed by atoms with van der Waals surface area (Å²) in [6, 6.07) is 6.19. The van der Waals surface area contributed by atoms with Crippen molar-refractivity contribution in [3.05, 3.63) is 41.6 Å². The van der Waals surface area contributed by atoms with Crippen molar-refractivity contribution in [3.63, 3.8) is 0 Å². The molecule has 0 aliphatic carbocycles. The van der Waals surface area contributed by atoms with E-state index in [1.54, 1.807) is 7.05 Å². The van der Waals surface area contributed by atoms with Crippen LogP contribution >= 0.6 is 0 Å². The molecule has 1 fully saturated rings. The Morgan fingerprint density at radius 2 is 2.08 bits per heavy atom. The zero-order valence-electron chi connectivity index (χ0n) is 15.5. The summed E-state index contributed by atoms with van der Waals surface area (Å²) in [4.78, 5) is 23.6. The van der Waals surface area contributed by atoms with E-state index in [-0.39, 0.29) is 11.9 Å². The van der Waals surface area contributed by atoms with Crippen LogP contribution in [0.3, 0.4) is 0 Å². The van der Waals surface area contributed by atoms with Gasteiger partial charge in [-0.2, -0.15) is 0 Å². The van der Waals surface area contributed by atoms with E-state index in [9.17, 15) is 4.79 Å². The highest BCUT2D eigenvalue weighted by Gasteiger charge is 2.28. The maximum Gasteiger partial charge on any atom is 0.267 e. The molecule has 134 valence electrons. The van der Waals surface area contributed by atoms with E-state index in [2.05, 4.69) is 35.1 Å². The van der Waals surface area contributed by atoms with Crippen LogP contribution < -0.4 is 10.2 Å². The van der Waals surface area contributed by atoms with Gasteiger partial charge in [0.1, 0.15) is 17.3 Å². The number of aromatic nitrogens is 3. The molecule has 1 N–H and O–H groups in total. The number of anilines is 1. The summed E-state index contributed by atoms with van der Waals surface area (Å²) in [5.74, 6) is 2.10. The van der Waals surface area contributed by atoms with E-state index < -0.39 is 0 Å². The minimum absolute atomic E-state index is 0.0553. The first-order valence-electron chi connectivity index (χ1n) is 9.00. The molecule has 1 amide bonds. The van der Waals surface area contributed by atoms with Crippen molar-refractivity contribution in [2.45, 2.75) is 45.1 Å². The summed E-state index contributed by atoms with van der Waals surface area (Å²) in [5.41, 5.74) is 1.84. The minimum Gasteiger partial charge on any atom is -0.354 e. The lowest BCUT2D eigenvalue weighted by Gasteiger charge is -2.37. The fourth-order valence-corrected chi connectivity index (χ4v) is 3.53. The Kier molecular flexibility index (Phi) is 5.06. The average molecular weight is 341 g/mol. The van der Waals surface area contributed by atoms with Crippen molar-refractivity contribution in [3.8, 4) is 0 Å². The van der Waals surface area contributed by atoms with Crippen LogP contribution in [0.25, 0.3) is 0 Å². The molecule has 0 bridgehead atoms. The standard InChI is InChI=1S/C19H27N5O/c1-13(2)18-21-11-10-17(22-18)24-12-6-5-7-15(24)14-8-9-16(23(14)4)19(25)20-3/h8-11,13,15H,5-7,12H2,1-4H3,(H,20,25)/t15-/m1/s1. The molecule has 1 atom stereocenters. The third-order valence-corrected chi connectivity index (χ3v) is 4.93. The van der Waals surface area contributed by atoms with Crippen LogP contribution in [-0.4, -0.2) is 34.0 Å². The largest absolute Gasteiger partial charge is 0.354 e. The van der Waals surface area contributed by atoms with E-state index in [0.717, 1.165) is 36.7 Å². The van der Waals surface area contributed by atoms with Crippen LogP contribution in [0.15, 0.2) is 24.4 Å². The van der Waals surface area contributed by atoms with Gasteiger partial charge in [-0.05, 0) is 37.5 Å². The molecule has 3 rings (SSSR count). The van der Waals surface area contributed by atoms with E-state index in [1.165, 1.54) is 6.42 Å². The molecule has 1 saturated heterocycles. The van der Waals surface area contributed by atoms with Gasteiger partial charge in [-0.25, -0.2) is 9.97 Å². The zero-order valence-corrected chi connectivity index (χ0v) is 15.5. The van der Waals surface area contributed by atoms with Crippen LogP contribution in [0.4, 0.5) is 5.82 Å². The van der Waals surface area contributed by atoms with Crippen molar-refractivity contribution in [1.82, 2.24) is 19.9 Å². The number of rotatable bonds is 4. The van der Waals surface area contributed by atoms with Gasteiger partial charge in [0.25, 0.3) is 5.91 Å². The van der Waals surface area contributed by atoms with E-state index in [0.29, 0.717) is 11.6 Å². The van der Waals surface area contributed by atoms with Gasteiger partial charge in [0.05, 0.1) is 6.04 Å². The number of piperidine rings is 1. The van der Waals surface area contributed by atoms with Crippen LogP contribution in [0.5, 0.6) is 0 Å². The van der Waals surface area contributed by atoms with Crippen LogP contribution in [0.1, 0.15) is 67.1 Å². The second kappa shape index (κ2) is 7.25. The number of hydrogen-bond acceptors (Lipinski definition) is 4. The van der Waals surface area contributed by atoms with Crippen molar-refractivity contribution in [2.24, 2.45) is 7.05 Å². The van der Waals surface area contributed by atoms with Gasteiger partial charge >= 0.3 is 0 Å². The van der Waals surface area contributed by atoms with Gasteiger partial charge in [0.2, 0.25) is 0 Å². The smallest absolute Gasteiger partial charge is 0.267 e. The Morgan fingerprint density at radius 1 is 1.28 bits per heavy atom. The summed E-state index contributed by atoms with van der Waals surface area (Å²) in [6.45, 7) is 5.19. The highest BCUT2D eigenvalue weighted by Crippen LogP contribution is 2.35. The lowest BCUT2D eigenvalue weighted by molar-refractivity contribution is 0.0954. The van der Waals surface area contributed by atoms with E-state index in [1.807, 2.05) is 29.9 Å². The molecular formula is C19H27N5O. The molecule has 1 aliphatic rings. The van der Waals surface area contributed by atoms with Crippen molar-refractivity contribution < 1.29 is 4.79 Å². The Balaban J connectivity index is 1.96. The SMILES string of the molecule is CNC(=O)c1ccc([C@H]2CCCCN2c2ccnc(C(C)C)n2)n1C. The van der Waals surface area contributed by atoms with Crippen LogP contribution in [0, 0.1) is 0 Å². The van der Waals surface area contributed by atoms with Gasteiger partial charge in [-0.1, -0.05) is 13.8 Å². The maximum absolute atomic E-state index is 12.0. The first-order chi connectivity index (χ1) is 12.0. The third-order valence-electron chi connectivity index (χ3n) is 4.93. The second-order valence-corrected chi connectivity index (χ2v) is 6.91.